The minimum absolute atomic E-state index is 0.587. The number of H-pyrrole nitrogens is 1. The minimum Gasteiger partial charge on any atom is -0.271 e. The van der Waals surface area contributed by atoms with Gasteiger partial charge in [-0.05, 0) is 16.8 Å². The van der Waals surface area contributed by atoms with Crippen LogP contribution in [0.4, 0.5) is 0 Å². The summed E-state index contributed by atoms with van der Waals surface area (Å²) in [5, 5.41) is 13.7. The minimum atomic E-state index is 0.587. The van der Waals surface area contributed by atoms with Crippen molar-refractivity contribution in [3.63, 3.8) is 0 Å². The van der Waals surface area contributed by atoms with Crippen LogP contribution in [0.1, 0.15) is 5.56 Å². The molecule has 6 heteroatoms. The van der Waals surface area contributed by atoms with Gasteiger partial charge in [0.25, 0.3) is 0 Å². The first kappa shape index (κ1) is 8.79. The second-order valence-corrected chi connectivity index (χ2v) is 2.82. The summed E-state index contributed by atoms with van der Waals surface area (Å²) >= 11 is 0. The molecule has 14 heavy (non-hydrogen) atoms. The van der Waals surface area contributed by atoms with Gasteiger partial charge in [0.15, 0.2) is 0 Å². The summed E-state index contributed by atoms with van der Waals surface area (Å²) in [6.07, 6.45) is 0. The highest BCUT2D eigenvalue weighted by molar-refractivity contribution is 5.54. The summed E-state index contributed by atoms with van der Waals surface area (Å²) < 4.78 is 0. The van der Waals surface area contributed by atoms with E-state index in [0.717, 1.165) is 11.1 Å². The smallest absolute Gasteiger partial charge is 0.204 e. The normalized spacial score (nSPS) is 10.4. The van der Waals surface area contributed by atoms with Crippen LogP contribution in [-0.4, -0.2) is 20.6 Å². The second kappa shape index (κ2) is 3.95. The highest BCUT2D eigenvalue weighted by atomic mass is 15.5. The molecule has 4 N–H and O–H groups in total. The number of rotatable bonds is 3. The van der Waals surface area contributed by atoms with Crippen molar-refractivity contribution in [1.29, 1.82) is 0 Å². The molecule has 0 saturated carbocycles. The fourth-order valence-electron chi connectivity index (χ4n) is 1.22. The van der Waals surface area contributed by atoms with Gasteiger partial charge in [0.1, 0.15) is 0 Å². The number of nitrogens with one attached hydrogen (secondary N) is 2. The number of hydrogen-bond acceptors (Lipinski definition) is 5. The number of hydrazine groups is 1. The molecule has 0 fully saturated rings. The van der Waals surface area contributed by atoms with Crippen molar-refractivity contribution < 1.29 is 0 Å². The van der Waals surface area contributed by atoms with Gasteiger partial charge in [0.05, 0.1) is 0 Å². The number of hydrogen-bond donors (Lipinski definition) is 3. The average molecular weight is 190 g/mol. The third-order valence-corrected chi connectivity index (χ3v) is 1.84. The lowest BCUT2D eigenvalue weighted by atomic mass is 10.1. The molecule has 0 aliphatic carbocycles. The highest BCUT2D eigenvalue weighted by Crippen LogP contribution is 2.14. The van der Waals surface area contributed by atoms with Crippen molar-refractivity contribution in [2.24, 2.45) is 5.84 Å². The van der Waals surface area contributed by atoms with Crippen LogP contribution in [0, 0.1) is 0 Å². The monoisotopic (exact) mass is 190 g/mol. The Morgan fingerprint density at radius 1 is 1.43 bits per heavy atom. The van der Waals surface area contributed by atoms with E-state index in [2.05, 4.69) is 26.0 Å². The van der Waals surface area contributed by atoms with Crippen molar-refractivity contribution in [2.45, 2.75) is 6.54 Å². The van der Waals surface area contributed by atoms with Crippen LogP contribution in [-0.2, 0) is 6.54 Å². The number of benzene rings is 1. The van der Waals surface area contributed by atoms with E-state index < -0.39 is 0 Å². The van der Waals surface area contributed by atoms with Gasteiger partial charge in [-0.3, -0.25) is 11.3 Å². The van der Waals surface area contributed by atoms with Crippen molar-refractivity contribution in [3.05, 3.63) is 29.8 Å². The summed E-state index contributed by atoms with van der Waals surface area (Å²) in [4.78, 5) is 0. The average Bonchev–Trinajstić information content (AvgIpc) is 2.71. The van der Waals surface area contributed by atoms with Crippen LogP contribution in [0.15, 0.2) is 24.3 Å². The molecular weight excluding hydrogens is 180 g/mol. The molecule has 1 heterocycles. The number of nitrogens with two attached hydrogens (primary N) is 1. The van der Waals surface area contributed by atoms with E-state index in [1.165, 1.54) is 0 Å². The molecule has 0 radical (unpaired) electrons. The van der Waals surface area contributed by atoms with Crippen LogP contribution in [0.3, 0.4) is 0 Å². The standard InChI is InChI=1S/C8H10N6/c9-10-5-6-2-1-3-7(4-6)8-11-13-14-12-8/h1-4,10H,5,9H2,(H,11,12,13,14). The Balaban J connectivity index is 2.31. The van der Waals surface area contributed by atoms with E-state index >= 15 is 0 Å². The quantitative estimate of drug-likeness (QED) is 0.461. The fourth-order valence-corrected chi connectivity index (χ4v) is 1.22. The zero-order valence-electron chi connectivity index (χ0n) is 7.44. The molecule has 6 nitrogen and oxygen atoms in total. The number of tetrazole rings is 1. The highest BCUT2D eigenvalue weighted by Gasteiger charge is 2.02. The lowest BCUT2D eigenvalue weighted by molar-refractivity contribution is 0.741. The third kappa shape index (κ3) is 1.76. The molecule has 72 valence electrons. The van der Waals surface area contributed by atoms with Crippen LogP contribution in [0.5, 0.6) is 0 Å². The maximum atomic E-state index is 5.23. The molecule has 0 amide bonds. The number of nitrogens with zero attached hydrogens (tertiary/aromatic N) is 3. The Morgan fingerprint density at radius 3 is 3.07 bits per heavy atom. The first-order valence-corrected chi connectivity index (χ1v) is 4.16. The zero-order chi connectivity index (χ0) is 9.80. The first-order valence-electron chi connectivity index (χ1n) is 4.16. The largest absolute Gasteiger partial charge is 0.271 e. The zero-order valence-corrected chi connectivity index (χ0v) is 7.44. The summed E-state index contributed by atoms with van der Waals surface area (Å²) in [6.45, 7) is 0.617. The van der Waals surface area contributed by atoms with E-state index in [1.54, 1.807) is 0 Å². The van der Waals surface area contributed by atoms with Gasteiger partial charge in [-0.25, -0.2) is 0 Å². The second-order valence-electron chi connectivity index (χ2n) is 2.82. The molecule has 0 aliphatic rings. The Hall–Kier alpha value is -1.79. The summed E-state index contributed by atoms with van der Waals surface area (Å²) in [6, 6.07) is 7.79. The predicted octanol–water partition coefficient (Wildman–Crippen LogP) is -0.170. The van der Waals surface area contributed by atoms with E-state index in [9.17, 15) is 0 Å². The Labute approximate surface area is 80.5 Å². The van der Waals surface area contributed by atoms with E-state index in [0.29, 0.717) is 12.4 Å². The molecule has 0 bridgehead atoms. The van der Waals surface area contributed by atoms with Gasteiger partial charge in [-0.1, -0.05) is 18.2 Å². The molecule has 1 aromatic carbocycles. The maximum Gasteiger partial charge on any atom is 0.204 e. The third-order valence-electron chi connectivity index (χ3n) is 1.84. The topological polar surface area (TPSA) is 92.5 Å². The lowest BCUT2D eigenvalue weighted by Crippen LogP contribution is -2.20. The lowest BCUT2D eigenvalue weighted by Gasteiger charge is -2.00. The molecule has 0 saturated heterocycles. The summed E-state index contributed by atoms with van der Waals surface area (Å²) in [5.41, 5.74) is 4.59. The van der Waals surface area contributed by atoms with Gasteiger partial charge < -0.3 is 0 Å². The van der Waals surface area contributed by atoms with Gasteiger partial charge in [0, 0.05) is 12.1 Å². The van der Waals surface area contributed by atoms with Gasteiger partial charge >= 0.3 is 0 Å². The maximum absolute atomic E-state index is 5.23. The predicted molar refractivity (Wildman–Crippen MR) is 50.6 cm³/mol. The molecule has 0 spiro atoms. The van der Waals surface area contributed by atoms with Crippen LogP contribution in [0.25, 0.3) is 11.4 Å². The van der Waals surface area contributed by atoms with E-state index in [1.807, 2.05) is 24.3 Å². The van der Waals surface area contributed by atoms with Crippen LogP contribution >= 0.6 is 0 Å². The van der Waals surface area contributed by atoms with Gasteiger partial charge in [-0.15, -0.1) is 10.2 Å². The number of aromatic amines is 1. The van der Waals surface area contributed by atoms with Crippen LogP contribution in [0.2, 0.25) is 0 Å². The van der Waals surface area contributed by atoms with Crippen LogP contribution < -0.4 is 11.3 Å². The Bertz CT molecular complexity index is 396. The fraction of sp³-hybridized carbons (Fsp3) is 0.125. The van der Waals surface area contributed by atoms with Crippen molar-refractivity contribution in [3.8, 4) is 11.4 Å². The molecule has 0 unspecified atom stereocenters. The summed E-state index contributed by atoms with van der Waals surface area (Å²) in [7, 11) is 0. The van der Waals surface area contributed by atoms with Crippen molar-refractivity contribution in [1.82, 2.24) is 26.0 Å². The molecule has 2 aromatic rings. The van der Waals surface area contributed by atoms with E-state index in [4.69, 9.17) is 5.84 Å². The summed E-state index contributed by atoms with van der Waals surface area (Å²) in [5.74, 6) is 5.82. The van der Waals surface area contributed by atoms with Crippen molar-refractivity contribution >= 4 is 0 Å². The van der Waals surface area contributed by atoms with Gasteiger partial charge in [0.2, 0.25) is 5.82 Å². The molecule has 1 aromatic heterocycles. The first-order chi connectivity index (χ1) is 6.90. The number of aromatic nitrogens is 4. The van der Waals surface area contributed by atoms with E-state index in [-0.39, 0.29) is 0 Å². The van der Waals surface area contributed by atoms with Crippen molar-refractivity contribution in [2.75, 3.05) is 0 Å². The molecule has 0 aliphatic heterocycles. The van der Waals surface area contributed by atoms with Gasteiger partial charge in [-0.2, -0.15) is 5.21 Å². The molecule has 0 atom stereocenters. The molecular formula is C8H10N6. The molecule has 2 rings (SSSR count). The SMILES string of the molecule is NNCc1cccc(-c2nn[nH]n2)c1. The Morgan fingerprint density at radius 2 is 2.36 bits per heavy atom. The Kier molecular flexibility index (Phi) is 2.48.